The Labute approximate surface area is 132 Å². The number of ether oxygens (including phenoxy) is 1. The van der Waals surface area contributed by atoms with Gasteiger partial charge in [-0.05, 0) is 17.5 Å². The van der Waals surface area contributed by atoms with Gasteiger partial charge in [0.05, 0.1) is 7.11 Å². The Hall–Kier alpha value is -1.77. The van der Waals surface area contributed by atoms with Gasteiger partial charge in [-0.25, -0.2) is 17.6 Å². The van der Waals surface area contributed by atoms with Gasteiger partial charge in [0, 0.05) is 19.2 Å². The van der Waals surface area contributed by atoms with Gasteiger partial charge >= 0.3 is 5.97 Å². The lowest BCUT2D eigenvalue weighted by molar-refractivity contribution is 0.0602. The number of carbonyl (C=O) groups is 1. The summed E-state index contributed by atoms with van der Waals surface area (Å²) in [7, 11) is -1.40. The van der Waals surface area contributed by atoms with E-state index in [1.807, 2.05) is 0 Å². The lowest BCUT2D eigenvalue weighted by atomic mass is 10.2. The second-order valence-electron chi connectivity index (χ2n) is 4.46. The molecule has 2 rings (SSSR count). The topological polar surface area (TPSA) is 63.7 Å². The number of hydrogen-bond acceptors (Lipinski definition) is 5. The summed E-state index contributed by atoms with van der Waals surface area (Å²) in [4.78, 5) is 11.5. The van der Waals surface area contributed by atoms with Gasteiger partial charge in [0.1, 0.15) is 15.6 Å². The molecule has 0 fully saturated rings. The Morgan fingerprint density at radius 2 is 2.00 bits per heavy atom. The predicted molar refractivity (Wildman–Crippen MR) is 80.7 cm³/mol. The van der Waals surface area contributed by atoms with Crippen molar-refractivity contribution in [1.82, 2.24) is 4.31 Å². The van der Waals surface area contributed by atoms with Crippen molar-refractivity contribution in [2.75, 3.05) is 14.2 Å². The summed E-state index contributed by atoms with van der Waals surface area (Å²) in [6.45, 7) is -0.133. The van der Waals surface area contributed by atoms with Gasteiger partial charge in [-0.1, -0.05) is 18.2 Å². The molecule has 0 aliphatic heterocycles. The zero-order chi connectivity index (χ0) is 16.3. The molecule has 5 nitrogen and oxygen atoms in total. The van der Waals surface area contributed by atoms with Crippen LogP contribution in [0.2, 0.25) is 0 Å². The summed E-state index contributed by atoms with van der Waals surface area (Å²) >= 11 is 0.982. The predicted octanol–water partition coefficient (Wildman–Crippen LogP) is 2.49. The van der Waals surface area contributed by atoms with Crippen LogP contribution >= 0.6 is 11.3 Å². The Kier molecular flexibility index (Phi) is 4.94. The average molecular weight is 343 g/mol. The standard InChI is InChI=1S/C14H14FNO4S2/c1-16(9-10-5-3-4-6-11(10)15)22(18,19)12-7-8-21-13(12)14(17)20-2/h3-8H,9H2,1-2H3. The van der Waals surface area contributed by atoms with Gasteiger partial charge in [0.25, 0.3) is 0 Å². The third-order valence-corrected chi connectivity index (χ3v) is 5.91. The van der Waals surface area contributed by atoms with E-state index in [1.165, 1.54) is 43.8 Å². The van der Waals surface area contributed by atoms with Crippen molar-refractivity contribution in [2.45, 2.75) is 11.4 Å². The molecule has 1 heterocycles. The van der Waals surface area contributed by atoms with Gasteiger partial charge < -0.3 is 4.74 Å². The van der Waals surface area contributed by atoms with Gasteiger partial charge in [0.2, 0.25) is 10.0 Å². The van der Waals surface area contributed by atoms with Crippen LogP contribution in [0.15, 0.2) is 40.6 Å². The van der Waals surface area contributed by atoms with Crippen LogP contribution in [0.4, 0.5) is 4.39 Å². The van der Waals surface area contributed by atoms with Crippen LogP contribution < -0.4 is 0 Å². The zero-order valence-electron chi connectivity index (χ0n) is 11.9. The molecule has 1 aromatic carbocycles. The van der Waals surface area contributed by atoms with E-state index in [1.54, 1.807) is 6.07 Å². The fourth-order valence-corrected chi connectivity index (χ4v) is 4.31. The second kappa shape index (κ2) is 6.55. The first-order valence-corrected chi connectivity index (χ1v) is 8.55. The summed E-state index contributed by atoms with van der Waals surface area (Å²) in [5.74, 6) is -1.20. The molecule has 0 bridgehead atoms. The molecular formula is C14H14FNO4S2. The van der Waals surface area contributed by atoms with Crippen LogP contribution in [0.3, 0.4) is 0 Å². The summed E-state index contributed by atoms with van der Waals surface area (Å²) < 4.78 is 44.3. The molecule has 0 saturated heterocycles. The fraction of sp³-hybridized carbons (Fsp3) is 0.214. The van der Waals surface area contributed by atoms with E-state index in [0.717, 1.165) is 15.6 Å². The first-order valence-electron chi connectivity index (χ1n) is 6.23. The van der Waals surface area contributed by atoms with Crippen LogP contribution in [0.5, 0.6) is 0 Å². The van der Waals surface area contributed by atoms with E-state index in [-0.39, 0.29) is 21.9 Å². The highest BCUT2D eigenvalue weighted by atomic mass is 32.2. The first-order chi connectivity index (χ1) is 10.4. The number of methoxy groups -OCH3 is 1. The first kappa shape index (κ1) is 16.6. The molecule has 8 heteroatoms. The molecule has 0 radical (unpaired) electrons. The molecule has 0 atom stereocenters. The number of hydrogen-bond donors (Lipinski definition) is 0. The molecular weight excluding hydrogens is 329 g/mol. The quantitative estimate of drug-likeness (QED) is 0.783. The Bertz CT molecular complexity index is 786. The van der Waals surface area contributed by atoms with Crippen molar-refractivity contribution in [1.29, 1.82) is 0 Å². The molecule has 118 valence electrons. The monoisotopic (exact) mass is 343 g/mol. The molecule has 2 aromatic rings. The van der Waals surface area contributed by atoms with Crippen molar-refractivity contribution >= 4 is 27.3 Å². The minimum absolute atomic E-state index is 0.00267. The molecule has 0 N–H and O–H groups in total. The molecule has 22 heavy (non-hydrogen) atoms. The molecule has 0 unspecified atom stereocenters. The summed E-state index contributed by atoms with van der Waals surface area (Å²) in [6, 6.07) is 7.27. The van der Waals surface area contributed by atoms with Crippen LogP contribution in [0, 0.1) is 5.82 Å². The highest BCUT2D eigenvalue weighted by Gasteiger charge is 2.28. The maximum atomic E-state index is 13.6. The largest absolute Gasteiger partial charge is 0.465 e. The maximum Gasteiger partial charge on any atom is 0.349 e. The van der Waals surface area contributed by atoms with Crippen LogP contribution in [-0.2, 0) is 21.3 Å². The minimum Gasteiger partial charge on any atom is -0.465 e. The van der Waals surface area contributed by atoms with Gasteiger partial charge in [-0.3, -0.25) is 0 Å². The van der Waals surface area contributed by atoms with E-state index >= 15 is 0 Å². The zero-order valence-corrected chi connectivity index (χ0v) is 13.6. The highest BCUT2D eigenvalue weighted by molar-refractivity contribution is 7.89. The molecule has 0 spiro atoms. The molecule has 0 saturated carbocycles. The molecule has 0 amide bonds. The normalized spacial score (nSPS) is 11.6. The van der Waals surface area contributed by atoms with Crippen molar-refractivity contribution in [3.05, 3.63) is 52.0 Å². The third kappa shape index (κ3) is 3.18. The number of rotatable bonds is 5. The maximum absolute atomic E-state index is 13.6. The van der Waals surface area contributed by atoms with E-state index in [0.29, 0.717) is 0 Å². The fourth-order valence-electron chi connectivity index (χ4n) is 1.86. The van der Waals surface area contributed by atoms with Crippen LogP contribution in [-0.4, -0.2) is 32.8 Å². The number of nitrogens with zero attached hydrogens (tertiary/aromatic N) is 1. The number of sulfonamides is 1. The number of esters is 1. The van der Waals surface area contributed by atoms with E-state index in [4.69, 9.17) is 0 Å². The lowest BCUT2D eigenvalue weighted by Crippen LogP contribution is -2.27. The van der Waals surface area contributed by atoms with Crippen molar-refractivity contribution in [2.24, 2.45) is 0 Å². The lowest BCUT2D eigenvalue weighted by Gasteiger charge is -2.17. The van der Waals surface area contributed by atoms with E-state index < -0.39 is 21.8 Å². The Balaban J connectivity index is 2.33. The van der Waals surface area contributed by atoms with E-state index in [2.05, 4.69) is 4.74 Å². The van der Waals surface area contributed by atoms with Crippen LogP contribution in [0.1, 0.15) is 15.2 Å². The Morgan fingerprint density at radius 1 is 1.32 bits per heavy atom. The van der Waals surface area contributed by atoms with E-state index in [9.17, 15) is 17.6 Å². The van der Waals surface area contributed by atoms with Crippen molar-refractivity contribution in [3.8, 4) is 0 Å². The van der Waals surface area contributed by atoms with Crippen molar-refractivity contribution in [3.63, 3.8) is 0 Å². The second-order valence-corrected chi connectivity index (χ2v) is 7.39. The smallest absolute Gasteiger partial charge is 0.349 e. The number of thiophene rings is 1. The molecule has 0 aliphatic rings. The number of benzene rings is 1. The molecule has 0 aliphatic carbocycles. The minimum atomic E-state index is -3.92. The van der Waals surface area contributed by atoms with Gasteiger partial charge in [0.15, 0.2) is 0 Å². The summed E-state index contributed by atoms with van der Waals surface area (Å²) in [5, 5.41) is 1.50. The number of carbonyl (C=O) groups excluding carboxylic acids is 1. The van der Waals surface area contributed by atoms with Gasteiger partial charge in [-0.15, -0.1) is 11.3 Å². The Morgan fingerprint density at radius 3 is 2.64 bits per heavy atom. The molecule has 1 aromatic heterocycles. The highest BCUT2D eigenvalue weighted by Crippen LogP contribution is 2.26. The van der Waals surface area contributed by atoms with Crippen LogP contribution in [0.25, 0.3) is 0 Å². The van der Waals surface area contributed by atoms with Gasteiger partial charge in [-0.2, -0.15) is 4.31 Å². The SMILES string of the molecule is COC(=O)c1sccc1S(=O)(=O)N(C)Cc1ccccc1F. The number of halogens is 1. The summed E-state index contributed by atoms with van der Waals surface area (Å²) in [6.07, 6.45) is 0. The summed E-state index contributed by atoms with van der Waals surface area (Å²) in [5.41, 5.74) is 0.253. The third-order valence-electron chi connectivity index (χ3n) is 3.04. The van der Waals surface area contributed by atoms with Crippen molar-refractivity contribution < 1.29 is 22.3 Å². The average Bonchev–Trinajstić information content (AvgIpc) is 2.99.